The fourth-order valence-electron chi connectivity index (χ4n) is 2.28. The van der Waals surface area contributed by atoms with Crippen molar-refractivity contribution in [3.63, 3.8) is 0 Å². The summed E-state index contributed by atoms with van der Waals surface area (Å²) in [6.45, 7) is 2.20. The summed E-state index contributed by atoms with van der Waals surface area (Å²) in [6, 6.07) is 0.794. The second-order valence-electron chi connectivity index (χ2n) is 4.02. The molecular formula is C10H14N2OS. The molecule has 3 rings (SSSR count). The fourth-order valence-corrected chi connectivity index (χ4v) is 3.54. The van der Waals surface area contributed by atoms with Crippen molar-refractivity contribution < 1.29 is 4.52 Å². The third-order valence-electron chi connectivity index (χ3n) is 3.16. The Bertz CT molecular complexity index is 320. The molecule has 0 aromatic carbocycles. The van der Waals surface area contributed by atoms with Gasteiger partial charge in [0.05, 0.1) is 5.69 Å². The molecule has 1 fully saturated rings. The van der Waals surface area contributed by atoms with Gasteiger partial charge in [-0.05, 0) is 12.2 Å². The number of hydrogen-bond acceptors (Lipinski definition) is 4. The molecule has 0 N–H and O–H groups in total. The number of aromatic nitrogens is 1. The zero-order valence-electron chi connectivity index (χ0n) is 8.11. The van der Waals surface area contributed by atoms with Crippen LogP contribution in [0, 0.1) is 0 Å². The summed E-state index contributed by atoms with van der Waals surface area (Å²) < 4.78 is 5.00. The first-order valence-electron chi connectivity index (χ1n) is 5.17. The van der Waals surface area contributed by atoms with Crippen LogP contribution in [-0.2, 0) is 13.0 Å². The Morgan fingerprint density at radius 3 is 3.43 bits per heavy atom. The van der Waals surface area contributed by atoms with E-state index in [1.54, 1.807) is 0 Å². The Morgan fingerprint density at radius 2 is 2.57 bits per heavy atom. The van der Waals surface area contributed by atoms with Gasteiger partial charge in [0, 0.05) is 36.9 Å². The predicted molar refractivity (Wildman–Crippen MR) is 56.3 cm³/mol. The number of thioether (sulfide) groups is 1. The summed E-state index contributed by atoms with van der Waals surface area (Å²) in [5.74, 6) is 2.64. The summed E-state index contributed by atoms with van der Waals surface area (Å²) in [4.78, 5) is 2.58. The minimum absolute atomic E-state index is 0.794. The number of nitrogens with zero attached hydrogens (tertiary/aromatic N) is 2. The van der Waals surface area contributed by atoms with Crippen molar-refractivity contribution in [2.45, 2.75) is 25.4 Å². The third-order valence-corrected chi connectivity index (χ3v) is 4.30. The van der Waals surface area contributed by atoms with Gasteiger partial charge in [0.1, 0.15) is 6.26 Å². The minimum Gasteiger partial charge on any atom is -0.364 e. The largest absolute Gasteiger partial charge is 0.364 e. The molecule has 3 nitrogen and oxygen atoms in total. The molecule has 76 valence electrons. The lowest BCUT2D eigenvalue weighted by atomic mass is 10.1. The Morgan fingerprint density at radius 1 is 1.57 bits per heavy atom. The van der Waals surface area contributed by atoms with Crippen molar-refractivity contribution in [3.05, 3.63) is 17.5 Å². The zero-order chi connectivity index (χ0) is 9.38. The first-order valence-corrected chi connectivity index (χ1v) is 6.33. The highest BCUT2D eigenvalue weighted by molar-refractivity contribution is 7.99. The summed E-state index contributed by atoms with van der Waals surface area (Å²) in [7, 11) is 0. The molecule has 2 aliphatic heterocycles. The molecule has 1 saturated heterocycles. The highest BCUT2D eigenvalue weighted by atomic mass is 32.2. The molecule has 14 heavy (non-hydrogen) atoms. The van der Waals surface area contributed by atoms with Crippen molar-refractivity contribution in [2.24, 2.45) is 0 Å². The zero-order valence-corrected chi connectivity index (χ0v) is 8.92. The van der Waals surface area contributed by atoms with Crippen LogP contribution in [0.15, 0.2) is 10.8 Å². The monoisotopic (exact) mass is 210 g/mol. The van der Waals surface area contributed by atoms with E-state index in [2.05, 4.69) is 21.8 Å². The van der Waals surface area contributed by atoms with Crippen molar-refractivity contribution >= 4 is 11.8 Å². The van der Waals surface area contributed by atoms with Gasteiger partial charge in [-0.25, -0.2) is 0 Å². The fraction of sp³-hybridized carbons (Fsp3) is 0.700. The summed E-state index contributed by atoms with van der Waals surface area (Å²) in [5, 5.41) is 4.01. The van der Waals surface area contributed by atoms with Crippen LogP contribution in [0.1, 0.15) is 17.7 Å². The van der Waals surface area contributed by atoms with Crippen molar-refractivity contribution in [1.82, 2.24) is 10.1 Å². The van der Waals surface area contributed by atoms with Gasteiger partial charge in [-0.2, -0.15) is 11.8 Å². The van der Waals surface area contributed by atoms with Gasteiger partial charge >= 0.3 is 0 Å². The van der Waals surface area contributed by atoms with Gasteiger partial charge < -0.3 is 4.52 Å². The van der Waals surface area contributed by atoms with Crippen LogP contribution in [0.5, 0.6) is 0 Å². The van der Waals surface area contributed by atoms with Crippen molar-refractivity contribution in [3.8, 4) is 0 Å². The molecule has 3 heterocycles. The second kappa shape index (κ2) is 3.59. The summed E-state index contributed by atoms with van der Waals surface area (Å²) in [6.07, 6.45) is 4.22. The molecule has 0 unspecified atom stereocenters. The van der Waals surface area contributed by atoms with Gasteiger partial charge in [-0.3, -0.25) is 4.90 Å². The van der Waals surface area contributed by atoms with Crippen molar-refractivity contribution in [1.29, 1.82) is 0 Å². The topological polar surface area (TPSA) is 29.3 Å². The maximum atomic E-state index is 5.00. The van der Waals surface area contributed by atoms with Crippen LogP contribution < -0.4 is 0 Å². The molecule has 1 aromatic heterocycles. The first kappa shape index (κ1) is 8.80. The number of hydrogen-bond donors (Lipinski definition) is 0. The molecule has 1 aromatic rings. The Hall–Kier alpha value is -0.480. The average Bonchev–Trinajstić information content (AvgIpc) is 2.88. The standard InChI is InChI=1S/C10H14N2OS/c1-3-12(9-2-4-14-7-9)5-8-6-13-11-10(1)8/h6,9H,1-5,7H2/t9-/m0/s1. The molecule has 2 aliphatic rings. The van der Waals surface area contributed by atoms with Gasteiger partial charge in [-0.1, -0.05) is 5.16 Å². The molecule has 0 bridgehead atoms. The Balaban J connectivity index is 1.74. The maximum absolute atomic E-state index is 5.00. The van der Waals surface area contributed by atoms with Crippen LogP contribution >= 0.6 is 11.8 Å². The van der Waals surface area contributed by atoms with E-state index in [-0.39, 0.29) is 0 Å². The second-order valence-corrected chi connectivity index (χ2v) is 5.17. The van der Waals surface area contributed by atoms with Crippen LogP contribution in [0.4, 0.5) is 0 Å². The van der Waals surface area contributed by atoms with Crippen molar-refractivity contribution in [2.75, 3.05) is 18.1 Å². The quantitative estimate of drug-likeness (QED) is 0.703. The molecule has 0 saturated carbocycles. The number of fused-ring (bicyclic) bond motifs is 1. The maximum Gasteiger partial charge on any atom is 0.128 e. The molecule has 0 amide bonds. The van der Waals surface area contributed by atoms with Crippen LogP contribution in [0.3, 0.4) is 0 Å². The van der Waals surface area contributed by atoms with E-state index in [1.165, 1.54) is 29.2 Å². The van der Waals surface area contributed by atoms with E-state index in [0.29, 0.717) is 0 Å². The molecule has 1 atom stereocenters. The highest BCUT2D eigenvalue weighted by Gasteiger charge is 2.27. The number of rotatable bonds is 1. The van der Waals surface area contributed by atoms with Crippen LogP contribution in [-0.4, -0.2) is 34.1 Å². The third kappa shape index (κ3) is 1.46. The van der Waals surface area contributed by atoms with E-state index in [1.807, 2.05) is 6.26 Å². The van der Waals surface area contributed by atoms with E-state index in [9.17, 15) is 0 Å². The summed E-state index contributed by atoms with van der Waals surface area (Å²) >= 11 is 2.08. The first-order chi connectivity index (χ1) is 6.93. The SMILES string of the molecule is c1onc2c1CN([C@H]1CCSC1)CC2. The van der Waals surface area contributed by atoms with Gasteiger partial charge in [-0.15, -0.1) is 0 Å². The normalized spacial score (nSPS) is 27.9. The van der Waals surface area contributed by atoms with E-state index >= 15 is 0 Å². The van der Waals surface area contributed by atoms with E-state index in [4.69, 9.17) is 4.52 Å². The minimum atomic E-state index is 0.794. The smallest absolute Gasteiger partial charge is 0.128 e. The molecule has 4 heteroatoms. The van der Waals surface area contributed by atoms with E-state index in [0.717, 1.165) is 25.6 Å². The van der Waals surface area contributed by atoms with Crippen LogP contribution in [0.2, 0.25) is 0 Å². The lowest BCUT2D eigenvalue weighted by Gasteiger charge is -2.30. The highest BCUT2D eigenvalue weighted by Crippen LogP contribution is 2.27. The Labute approximate surface area is 87.8 Å². The van der Waals surface area contributed by atoms with E-state index < -0.39 is 0 Å². The molecule has 0 aliphatic carbocycles. The molecule has 0 radical (unpaired) electrons. The lowest BCUT2D eigenvalue weighted by molar-refractivity contribution is 0.194. The predicted octanol–water partition coefficient (Wildman–Crippen LogP) is 1.54. The lowest BCUT2D eigenvalue weighted by Crippen LogP contribution is -2.39. The van der Waals surface area contributed by atoms with Gasteiger partial charge in [0.15, 0.2) is 0 Å². The van der Waals surface area contributed by atoms with Crippen LogP contribution in [0.25, 0.3) is 0 Å². The van der Waals surface area contributed by atoms with Gasteiger partial charge in [0.25, 0.3) is 0 Å². The average molecular weight is 210 g/mol. The molecular weight excluding hydrogens is 196 g/mol. The van der Waals surface area contributed by atoms with Gasteiger partial charge in [0.2, 0.25) is 0 Å². The Kier molecular flexibility index (Phi) is 2.25. The molecule has 0 spiro atoms. The summed E-state index contributed by atoms with van der Waals surface area (Å²) in [5.41, 5.74) is 2.47.